The lowest BCUT2D eigenvalue weighted by molar-refractivity contribution is -0.138. The Kier molecular flexibility index (Phi) is 3.87. The molecule has 1 aliphatic rings. The SMILES string of the molecule is O=C(O)CC(C1CC1)n1nnnc1-c1ccc(F)cc1I. The summed E-state index contributed by atoms with van der Waals surface area (Å²) in [5, 5.41) is 20.7. The van der Waals surface area contributed by atoms with E-state index in [1.807, 2.05) is 22.6 Å². The molecular weight excluding hydrogens is 390 g/mol. The Balaban J connectivity index is 2.01. The van der Waals surface area contributed by atoms with Gasteiger partial charge in [0, 0.05) is 9.13 Å². The van der Waals surface area contributed by atoms with E-state index in [-0.39, 0.29) is 18.3 Å². The maximum Gasteiger partial charge on any atom is 0.305 e. The lowest BCUT2D eigenvalue weighted by Crippen LogP contribution is -2.18. The molecule has 1 fully saturated rings. The first-order valence-corrected chi connectivity index (χ1v) is 7.59. The van der Waals surface area contributed by atoms with Gasteiger partial charge in [-0.05, 0) is 70.0 Å². The van der Waals surface area contributed by atoms with Crippen LogP contribution in [0.1, 0.15) is 25.3 Å². The molecule has 110 valence electrons. The van der Waals surface area contributed by atoms with E-state index in [1.165, 1.54) is 12.1 Å². The number of carbonyl (C=O) groups is 1. The summed E-state index contributed by atoms with van der Waals surface area (Å²) < 4.78 is 15.5. The van der Waals surface area contributed by atoms with Crippen molar-refractivity contribution in [2.45, 2.75) is 25.3 Å². The molecule has 1 saturated carbocycles. The van der Waals surface area contributed by atoms with E-state index < -0.39 is 5.97 Å². The molecule has 0 amide bonds. The van der Waals surface area contributed by atoms with Gasteiger partial charge >= 0.3 is 5.97 Å². The van der Waals surface area contributed by atoms with Crippen LogP contribution in [0.3, 0.4) is 0 Å². The summed E-state index contributed by atoms with van der Waals surface area (Å²) >= 11 is 2.02. The van der Waals surface area contributed by atoms with Crippen LogP contribution in [0.2, 0.25) is 0 Å². The van der Waals surface area contributed by atoms with E-state index in [1.54, 1.807) is 10.7 Å². The van der Waals surface area contributed by atoms with Crippen LogP contribution in [0.15, 0.2) is 18.2 Å². The Labute approximate surface area is 133 Å². The number of aliphatic carboxylic acids is 1. The van der Waals surface area contributed by atoms with E-state index in [0.717, 1.165) is 12.8 Å². The summed E-state index contributed by atoms with van der Waals surface area (Å²) in [6, 6.07) is 4.11. The molecule has 3 rings (SSSR count). The van der Waals surface area contributed by atoms with Gasteiger partial charge in [0.15, 0.2) is 5.82 Å². The number of carboxylic acids is 1. The molecule has 21 heavy (non-hydrogen) atoms. The molecule has 1 aromatic carbocycles. The molecule has 8 heteroatoms. The molecule has 0 bridgehead atoms. The molecule has 0 saturated heterocycles. The standard InChI is InChI=1S/C13H12FIN4O2/c14-8-3-4-9(10(15)5-8)13-16-17-18-19(13)11(6-12(20)21)7-1-2-7/h3-5,7,11H,1-2,6H2,(H,20,21). The van der Waals surface area contributed by atoms with Gasteiger partial charge in [-0.2, -0.15) is 0 Å². The molecule has 1 aliphatic carbocycles. The lowest BCUT2D eigenvalue weighted by atomic mass is 10.1. The maximum atomic E-state index is 13.2. The number of hydrogen-bond acceptors (Lipinski definition) is 4. The third-order valence-electron chi connectivity index (χ3n) is 3.53. The van der Waals surface area contributed by atoms with Gasteiger partial charge in [0.05, 0.1) is 12.5 Å². The molecule has 1 N–H and O–H groups in total. The van der Waals surface area contributed by atoms with Crippen LogP contribution >= 0.6 is 22.6 Å². The van der Waals surface area contributed by atoms with Gasteiger partial charge in [0.2, 0.25) is 0 Å². The highest BCUT2D eigenvalue weighted by atomic mass is 127. The van der Waals surface area contributed by atoms with Gasteiger partial charge in [-0.1, -0.05) is 0 Å². The number of rotatable bonds is 5. The zero-order valence-corrected chi connectivity index (χ0v) is 13.1. The highest BCUT2D eigenvalue weighted by Gasteiger charge is 2.36. The molecule has 0 aliphatic heterocycles. The number of nitrogens with zero attached hydrogens (tertiary/aromatic N) is 4. The Morgan fingerprint density at radius 3 is 2.90 bits per heavy atom. The van der Waals surface area contributed by atoms with Crippen LogP contribution in [0.5, 0.6) is 0 Å². The number of aromatic nitrogens is 4. The minimum atomic E-state index is -0.873. The van der Waals surface area contributed by atoms with Crippen molar-refractivity contribution in [3.63, 3.8) is 0 Å². The second kappa shape index (κ2) is 5.66. The molecule has 2 aromatic rings. The van der Waals surface area contributed by atoms with Gasteiger partial charge in [0.1, 0.15) is 5.82 Å². The van der Waals surface area contributed by atoms with Crippen molar-refractivity contribution in [3.8, 4) is 11.4 Å². The summed E-state index contributed by atoms with van der Waals surface area (Å²) in [6.45, 7) is 0. The van der Waals surface area contributed by atoms with E-state index in [4.69, 9.17) is 5.11 Å². The van der Waals surface area contributed by atoms with Gasteiger partial charge in [-0.25, -0.2) is 9.07 Å². The van der Waals surface area contributed by atoms with Crippen molar-refractivity contribution in [3.05, 3.63) is 27.6 Å². The Morgan fingerprint density at radius 2 is 2.29 bits per heavy atom. The highest BCUT2D eigenvalue weighted by Crippen LogP contribution is 2.42. The Hall–Kier alpha value is -1.58. The largest absolute Gasteiger partial charge is 0.481 e. The molecular formula is C13H12FIN4O2. The topological polar surface area (TPSA) is 80.9 Å². The summed E-state index contributed by atoms with van der Waals surface area (Å²) in [7, 11) is 0. The number of halogens is 2. The van der Waals surface area contributed by atoms with Crippen molar-refractivity contribution in [1.82, 2.24) is 20.2 Å². The second-order valence-corrected chi connectivity index (χ2v) is 6.24. The number of carboxylic acid groups (broad SMARTS) is 1. The first-order chi connectivity index (χ1) is 10.1. The number of tetrazole rings is 1. The zero-order chi connectivity index (χ0) is 15.0. The fourth-order valence-corrected chi connectivity index (χ4v) is 3.10. The average molecular weight is 402 g/mol. The van der Waals surface area contributed by atoms with Crippen LogP contribution in [0.25, 0.3) is 11.4 Å². The minimum Gasteiger partial charge on any atom is -0.481 e. The summed E-state index contributed by atoms with van der Waals surface area (Å²) in [5.41, 5.74) is 0.707. The summed E-state index contributed by atoms with van der Waals surface area (Å²) in [5.74, 6) is -0.424. The fraction of sp³-hybridized carbons (Fsp3) is 0.385. The van der Waals surface area contributed by atoms with Gasteiger partial charge in [-0.3, -0.25) is 4.79 Å². The van der Waals surface area contributed by atoms with Gasteiger partial charge < -0.3 is 5.11 Å². The smallest absolute Gasteiger partial charge is 0.305 e. The highest BCUT2D eigenvalue weighted by molar-refractivity contribution is 14.1. The minimum absolute atomic E-state index is 0.0134. The third kappa shape index (κ3) is 3.04. The quantitative estimate of drug-likeness (QED) is 0.778. The predicted octanol–water partition coefficient (Wildman–Crippen LogP) is 2.51. The monoisotopic (exact) mass is 402 g/mol. The maximum absolute atomic E-state index is 13.2. The lowest BCUT2D eigenvalue weighted by Gasteiger charge is -2.16. The van der Waals surface area contributed by atoms with Crippen LogP contribution < -0.4 is 0 Å². The molecule has 6 nitrogen and oxygen atoms in total. The summed E-state index contributed by atoms with van der Waals surface area (Å²) in [4.78, 5) is 11.1. The van der Waals surface area contributed by atoms with Crippen molar-refractivity contribution in [2.24, 2.45) is 5.92 Å². The van der Waals surface area contributed by atoms with E-state index in [0.29, 0.717) is 20.9 Å². The first kappa shape index (κ1) is 14.4. The Bertz CT molecular complexity index is 687. The van der Waals surface area contributed by atoms with Crippen molar-refractivity contribution < 1.29 is 14.3 Å². The first-order valence-electron chi connectivity index (χ1n) is 6.51. The van der Waals surface area contributed by atoms with E-state index >= 15 is 0 Å². The van der Waals surface area contributed by atoms with E-state index in [2.05, 4.69) is 15.5 Å². The van der Waals surface area contributed by atoms with Crippen LogP contribution in [-0.4, -0.2) is 31.3 Å². The van der Waals surface area contributed by atoms with Crippen LogP contribution in [-0.2, 0) is 4.79 Å². The van der Waals surface area contributed by atoms with Crippen LogP contribution in [0, 0.1) is 15.3 Å². The molecule has 1 aromatic heterocycles. The normalized spacial score (nSPS) is 15.9. The van der Waals surface area contributed by atoms with Crippen molar-refractivity contribution in [2.75, 3.05) is 0 Å². The van der Waals surface area contributed by atoms with Crippen molar-refractivity contribution >= 4 is 28.6 Å². The van der Waals surface area contributed by atoms with Gasteiger partial charge in [0.25, 0.3) is 0 Å². The zero-order valence-electron chi connectivity index (χ0n) is 10.9. The predicted molar refractivity (Wildman–Crippen MR) is 79.9 cm³/mol. The number of hydrogen-bond donors (Lipinski definition) is 1. The molecule has 1 unspecified atom stereocenters. The van der Waals surface area contributed by atoms with Gasteiger partial charge in [-0.15, -0.1) is 5.10 Å². The fourth-order valence-electron chi connectivity index (χ4n) is 2.38. The third-order valence-corrected chi connectivity index (χ3v) is 4.42. The number of benzene rings is 1. The molecule has 0 radical (unpaired) electrons. The Morgan fingerprint density at radius 1 is 1.52 bits per heavy atom. The molecule has 0 spiro atoms. The average Bonchev–Trinajstić information content (AvgIpc) is 3.14. The molecule has 1 heterocycles. The second-order valence-electron chi connectivity index (χ2n) is 5.07. The van der Waals surface area contributed by atoms with Crippen molar-refractivity contribution in [1.29, 1.82) is 0 Å². The summed E-state index contributed by atoms with van der Waals surface area (Å²) in [6.07, 6.45) is 1.95. The van der Waals surface area contributed by atoms with Crippen LogP contribution in [0.4, 0.5) is 4.39 Å². The van der Waals surface area contributed by atoms with E-state index in [9.17, 15) is 9.18 Å². The molecule has 1 atom stereocenters.